The Kier molecular flexibility index (Phi) is 3.92. The number of thiazole rings is 1. The lowest BCUT2D eigenvalue weighted by molar-refractivity contribution is 0.141. The number of rotatable bonds is 4. The van der Waals surface area contributed by atoms with E-state index in [1.54, 1.807) is 0 Å². The molecule has 3 heterocycles. The molecule has 3 nitrogen and oxygen atoms in total. The molecule has 19 heavy (non-hydrogen) atoms. The van der Waals surface area contributed by atoms with Crippen LogP contribution in [0, 0.1) is 13.8 Å². The van der Waals surface area contributed by atoms with E-state index >= 15 is 0 Å². The minimum Gasteiger partial charge on any atom is -0.311 e. The standard InChI is InChI=1S/C15H25N3S/c1-4-18(9-15-10(2)16-11(3)19-15)14-7-12-5-6-13(8-14)17-12/h12-14,17H,4-9H2,1-3H3. The Labute approximate surface area is 120 Å². The SMILES string of the molecule is CCN(Cc1sc(C)nc1C)C1CC2CCC(C1)N2. The molecule has 2 unspecified atom stereocenters. The van der Waals surface area contributed by atoms with Crippen LogP contribution in [0.5, 0.6) is 0 Å². The molecule has 1 aromatic heterocycles. The van der Waals surface area contributed by atoms with Crippen molar-refractivity contribution in [1.29, 1.82) is 0 Å². The zero-order valence-electron chi connectivity index (χ0n) is 12.3. The van der Waals surface area contributed by atoms with Gasteiger partial charge in [0.15, 0.2) is 0 Å². The van der Waals surface area contributed by atoms with Crippen LogP contribution in [-0.2, 0) is 6.54 Å². The molecule has 2 saturated heterocycles. The predicted octanol–water partition coefficient (Wildman–Crippen LogP) is 2.86. The van der Waals surface area contributed by atoms with E-state index in [2.05, 4.69) is 36.0 Å². The monoisotopic (exact) mass is 279 g/mol. The van der Waals surface area contributed by atoms with E-state index in [9.17, 15) is 0 Å². The third-order valence-corrected chi connectivity index (χ3v) is 5.77. The van der Waals surface area contributed by atoms with Crippen molar-refractivity contribution in [2.24, 2.45) is 0 Å². The molecule has 2 aliphatic heterocycles. The first-order chi connectivity index (χ1) is 9.15. The molecule has 0 radical (unpaired) electrons. The fraction of sp³-hybridized carbons (Fsp3) is 0.800. The van der Waals surface area contributed by atoms with Crippen molar-refractivity contribution in [2.45, 2.75) is 71.1 Å². The number of piperidine rings is 1. The lowest BCUT2D eigenvalue weighted by Crippen LogP contribution is -2.47. The minimum absolute atomic E-state index is 0.769. The average Bonchev–Trinajstić information content (AvgIpc) is 2.88. The minimum atomic E-state index is 0.769. The second kappa shape index (κ2) is 5.51. The molecule has 0 aliphatic carbocycles. The van der Waals surface area contributed by atoms with Gasteiger partial charge in [-0.3, -0.25) is 4.90 Å². The second-order valence-corrected chi connectivity index (χ2v) is 7.36. The Bertz CT molecular complexity index is 431. The molecule has 2 fully saturated rings. The van der Waals surface area contributed by atoms with E-state index in [0.29, 0.717) is 0 Å². The fourth-order valence-corrected chi connectivity index (χ4v) is 4.69. The van der Waals surface area contributed by atoms with Crippen molar-refractivity contribution < 1.29 is 0 Å². The molecular weight excluding hydrogens is 254 g/mol. The molecule has 0 amide bonds. The molecule has 1 N–H and O–H groups in total. The highest BCUT2D eigenvalue weighted by Crippen LogP contribution is 2.31. The van der Waals surface area contributed by atoms with Gasteiger partial charge in [0.2, 0.25) is 0 Å². The third kappa shape index (κ3) is 2.86. The highest BCUT2D eigenvalue weighted by molar-refractivity contribution is 7.11. The summed E-state index contributed by atoms with van der Waals surface area (Å²) in [5.74, 6) is 0. The Morgan fingerprint density at radius 1 is 1.26 bits per heavy atom. The second-order valence-electron chi connectivity index (χ2n) is 6.07. The number of nitrogens with zero attached hydrogens (tertiary/aromatic N) is 2. The Morgan fingerprint density at radius 3 is 2.47 bits per heavy atom. The highest BCUT2D eigenvalue weighted by Gasteiger charge is 2.35. The predicted molar refractivity (Wildman–Crippen MR) is 80.6 cm³/mol. The third-order valence-electron chi connectivity index (χ3n) is 4.72. The zero-order chi connectivity index (χ0) is 13.4. The Hall–Kier alpha value is -0.450. The van der Waals surface area contributed by atoms with Crippen molar-refractivity contribution in [3.05, 3.63) is 15.6 Å². The number of aryl methyl sites for hydroxylation is 2. The van der Waals surface area contributed by atoms with Gasteiger partial charge < -0.3 is 5.32 Å². The van der Waals surface area contributed by atoms with Crippen LogP contribution in [0.4, 0.5) is 0 Å². The van der Waals surface area contributed by atoms with E-state index in [1.165, 1.54) is 41.3 Å². The molecule has 2 atom stereocenters. The van der Waals surface area contributed by atoms with Crippen molar-refractivity contribution in [2.75, 3.05) is 6.54 Å². The maximum Gasteiger partial charge on any atom is 0.0900 e. The molecule has 0 saturated carbocycles. The number of hydrogen-bond donors (Lipinski definition) is 1. The smallest absolute Gasteiger partial charge is 0.0900 e. The fourth-order valence-electron chi connectivity index (χ4n) is 3.73. The van der Waals surface area contributed by atoms with Gasteiger partial charge in [-0.2, -0.15) is 0 Å². The van der Waals surface area contributed by atoms with Crippen LogP contribution < -0.4 is 5.32 Å². The first kappa shape index (κ1) is 13.5. The molecule has 0 aromatic carbocycles. The first-order valence-electron chi connectivity index (χ1n) is 7.58. The summed E-state index contributed by atoms with van der Waals surface area (Å²) in [5, 5.41) is 4.94. The molecule has 2 aliphatic rings. The summed E-state index contributed by atoms with van der Waals surface area (Å²) >= 11 is 1.87. The van der Waals surface area contributed by atoms with Crippen LogP contribution in [0.2, 0.25) is 0 Å². The summed E-state index contributed by atoms with van der Waals surface area (Å²) in [6, 6.07) is 2.33. The summed E-state index contributed by atoms with van der Waals surface area (Å²) in [5.41, 5.74) is 1.23. The zero-order valence-corrected chi connectivity index (χ0v) is 13.1. The average molecular weight is 279 g/mol. The molecule has 106 valence electrons. The van der Waals surface area contributed by atoms with Crippen molar-refractivity contribution in [1.82, 2.24) is 15.2 Å². The van der Waals surface area contributed by atoms with E-state index in [4.69, 9.17) is 0 Å². The van der Waals surface area contributed by atoms with Crippen LogP contribution in [0.25, 0.3) is 0 Å². The van der Waals surface area contributed by atoms with Gasteiger partial charge in [0.25, 0.3) is 0 Å². The van der Waals surface area contributed by atoms with Gasteiger partial charge >= 0.3 is 0 Å². The first-order valence-corrected chi connectivity index (χ1v) is 8.40. The topological polar surface area (TPSA) is 28.2 Å². The quantitative estimate of drug-likeness (QED) is 0.918. The molecule has 1 aromatic rings. The normalized spacial score (nSPS) is 30.2. The Balaban J connectivity index is 1.69. The van der Waals surface area contributed by atoms with Crippen molar-refractivity contribution in [3.63, 3.8) is 0 Å². The van der Waals surface area contributed by atoms with Gasteiger partial charge in [-0.05, 0) is 46.1 Å². The van der Waals surface area contributed by atoms with Crippen LogP contribution in [0.1, 0.15) is 48.2 Å². The van der Waals surface area contributed by atoms with Crippen LogP contribution in [0.3, 0.4) is 0 Å². The summed E-state index contributed by atoms with van der Waals surface area (Å²) in [6.45, 7) is 8.81. The van der Waals surface area contributed by atoms with E-state index < -0.39 is 0 Å². The van der Waals surface area contributed by atoms with E-state index in [1.807, 2.05) is 11.3 Å². The van der Waals surface area contributed by atoms with Crippen LogP contribution in [-0.4, -0.2) is 34.6 Å². The number of fused-ring (bicyclic) bond motifs is 2. The molecule has 4 heteroatoms. The largest absolute Gasteiger partial charge is 0.311 e. The molecule has 2 bridgehead atoms. The number of aromatic nitrogens is 1. The highest BCUT2D eigenvalue weighted by atomic mass is 32.1. The van der Waals surface area contributed by atoms with E-state index in [0.717, 1.165) is 31.2 Å². The van der Waals surface area contributed by atoms with Gasteiger partial charge in [0.05, 0.1) is 10.7 Å². The lowest BCUT2D eigenvalue weighted by atomic mass is 9.98. The van der Waals surface area contributed by atoms with Crippen molar-refractivity contribution in [3.8, 4) is 0 Å². The maximum atomic E-state index is 4.57. The van der Waals surface area contributed by atoms with Gasteiger partial charge in [0, 0.05) is 29.5 Å². The summed E-state index contributed by atoms with van der Waals surface area (Å²) in [4.78, 5) is 8.70. The van der Waals surface area contributed by atoms with Crippen LogP contribution in [0.15, 0.2) is 0 Å². The van der Waals surface area contributed by atoms with Gasteiger partial charge in [-0.25, -0.2) is 4.98 Å². The summed E-state index contributed by atoms with van der Waals surface area (Å²) < 4.78 is 0. The number of hydrogen-bond acceptors (Lipinski definition) is 4. The van der Waals surface area contributed by atoms with Gasteiger partial charge in [0.1, 0.15) is 0 Å². The summed E-state index contributed by atoms with van der Waals surface area (Å²) in [6.07, 6.45) is 5.44. The summed E-state index contributed by atoms with van der Waals surface area (Å²) in [7, 11) is 0. The molecular formula is C15H25N3S. The van der Waals surface area contributed by atoms with Gasteiger partial charge in [-0.1, -0.05) is 6.92 Å². The van der Waals surface area contributed by atoms with Crippen LogP contribution >= 0.6 is 11.3 Å². The molecule has 3 rings (SSSR count). The molecule has 0 spiro atoms. The Morgan fingerprint density at radius 2 is 1.95 bits per heavy atom. The number of nitrogens with one attached hydrogen (secondary N) is 1. The maximum absolute atomic E-state index is 4.57. The lowest BCUT2D eigenvalue weighted by Gasteiger charge is -2.37. The van der Waals surface area contributed by atoms with Gasteiger partial charge in [-0.15, -0.1) is 11.3 Å². The van der Waals surface area contributed by atoms with E-state index in [-0.39, 0.29) is 0 Å². The van der Waals surface area contributed by atoms with Crippen molar-refractivity contribution >= 4 is 11.3 Å².